The van der Waals surface area contributed by atoms with Gasteiger partial charge in [0, 0.05) is 6.20 Å². The Morgan fingerprint density at radius 1 is 1.47 bits per heavy atom. The molecular weight excluding hydrogens is 258 g/mol. The highest BCUT2D eigenvalue weighted by Gasteiger charge is 2.41. The number of hydrogen-bond donors (Lipinski definition) is 2. The van der Waals surface area contributed by atoms with Gasteiger partial charge >= 0.3 is 5.97 Å². The van der Waals surface area contributed by atoms with Crippen LogP contribution in [0, 0.1) is 5.41 Å². The Morgan fingerprint density at radius 2 is 2.05 bits per heavy atom. The second-order valence-electron chi connectivity index (χ2n) is 6.60. The molecule has 0 saturated carbocycles. The molecule has 2 unspecified atom stereocenters. The lowest BCUT2D eigenvalue weighted by molar-refractivity contribution is -0.132. The Bertz CT molecular complexity index is 409. The number of hydrogen-bond acceptors (Lipinski definition) is 3. The summed E-state index contributed by atoms with van der Waals surface area (Å²) in [5, 5.41) is 12.2. The van der Waals surface area contributed by atoms with Crippen molar-refractivity contribution < 1.29 is 14.3 Å². The first kappa shape index (κ1) is 16.0. The molecular formula is C14H25NO3Si. The molecule has 1 aliphatic rings. The standard InChI is InChI=1S/C14H25NO3Si/c1-13(2,3)12(18-19(5)6)14(4)8-7-10(9-15-14)11(16)17/h7-9,12,15,19H,1-6H3,(H,16,17). The predicted octanol–water partition coefficient (Wildman–Crippen LogP) is 2.29. The lowest BCUT2D eigenvalue weighted by Crippen LogP contribution is -2.57. The van der Waals surface area contributed by atoms with E-state index in [4.69, 9.17) is 9.53 Å². The Labute approximate surface area is 117 Å². The molecule has 0 fully saturated rings. The van der Waals surface area contributed by atoms with Gasteiger partial charge in [-0.3, -0.25) is 0 Å². The minimum absolute atomic E-state index is 0.00508. The van der Waals surface area contributed by atoms with Crippen LogP contribution in [0.5, 0.6) is 0 Å². The van der Waals surface area contributed by atoms with Crippen molar-refractivity contribution in [2.45, 2.75) is 52.4 Å². The number of aliphatic carboxylic acids is 1. The quantitative estimate of drug-likeness (QED) is 0.777. The van der Waals surface area contributed by atoms with Crippen molar-refractivity contribution in [3.05, 3.63) is 23.9 Å². The molecule has 0 aromatic heterocycles. The molecule has 0 aromatic carbocycles. The fraction of sp³-hybridized carbons (Fsp3) is 0.643. The Morgan fingerprint density at radius 3 is 2.37 bits per heavy atom. The average molecular weight is 283 g/mol. The van der Waals surface area contributed by atoms with Crippen LogP contribution in [0.25, 0.3) is 0 Å². The van der Waals surface area contributed by atoms with E-state index in [0.29, 0.717) is 0 Å². The van der Waals surface area contributed by atoms with Crippen LogP contribution in [-0.2, 0) is 9.22 Å². The zero-order valence-corrected chi connectivity index (χ0v) is 13.8. The molecule has 108 valence electrons. The van der Waals surface area contributed by atoms with Crippen molar-refractivity contribution in [2.24, 2.45) is 5.41 Å². The lowest BCUT2D eigenvalue weighted by Gasteiger charge is -2.45. The van der Waals surface area contributed by atoms with E-state index in [1.165, 1.54) is 0 Å². The molecule has 5 heteroatoms. The fourth-order valence-electron chi connectivity index (χ4n) is 2.41. The van der Waals surface area contributed by atoms with E-state index in [-0.39, 0.29) is 22.6 Å². The number of dihydropyridines is 1. The number of rotatable bonds is 4. The van der Waals surface area contributed by atoms with E-state index < -0.39 is 15.0 Å². The molecule has 2 N–H and O–H groups in total. The summed E-state index contributed by atoms with van der Waals surface area (Å²) in [5.41, 5.74) is -0.140. The fourth-order valence-corrected chi connectivity index (χ4v) is 3.64. The molecule has 0 bridgehead atoms. The maximum Gasteiger partial charge on any atom is 0.337 e. The Kier molecular flexibility index (Phi) is 4.63. The third kappa shape index (κ3) is 3.94. The normalized spacial score (nSPS) is 24.9. The van der Waals surface area contributed by atoms with E-state index >= 15 is 0 Å². The van der Waals surface area contributed by atoms with Gasteiger partial charge in [-0.1, -0.05) is 26.8 Å². The van der Waals surface area contributed by atoms with Crippen molar-refractivity contribution in [3.63, 3.8) is 0 Å². The summed E-state index contributed by atoms with van der Waals surface area (Å²) in [7, 11) is -1.19. The molecule has 2 atom stereocenters. The van der Waals surface area contributed by atoms with E-state index in [1.54, 1.807) is 12.3 Å². The smallest absolute Gasteiger partial charge is 0.337 e. The van der Waals surface area contributed by atoms with Crippen LogP contribution in [0.3, 0.4) is 0 Å². The van der Waals surface area contributed by atoms with Gasteiger partial charge in [-0.15, -0.1) is 0 Å². The first-order chi connectivity index (χ1) is 8.56. The van der Waals surface area contributed by atoms with Gasteiger partial charge in [-0.05, 0) is 31.5 Å². The highest BCUT2D eigenvalue weighted by atomic mass is 28.3. The third-order valence-electron chi connectivity index (χ3n) is 3.13. The number of carboxylic acid groups (broad SMARTS) is 1. The molecule has 1 heterocycles. The Hall–Kier alpha value is -1.07. The molecule has 1 aliphatic heterocycles. The SMILES string of the molecule is C[SiH](C)OC(C(C)(C)C)C1(C)C=CC(C(=O)O)=CN1. The van der Waals surface area contributed by atoms with Crippen LogP contribution in [0.15, 0.2) is 23.9 Å². The monoisotopic (exact) mass is 283 g/mol. The molecule has 1 rings (SSSR count). The number of carboxylic acids is 1. The van der Waals surface area contributed by atoms with Gasteiger partial charge in [-0.2, -0.15) is 0 Å². The minimum atomic E-state index is -1.19. The second-order valence-corrected chi connectivity index (χ2v) is 8.97. The highest BCUT2D eigenvalue weighted by Crippen LogP contribution is 2.34. The first-order valence-electron chi connectivity index (χ1n) is 6.62. The molecule has 0 amide bonds. The lowest BCUT2D eigenvalue weighted by atomic mass is 9.76. The first-order valence-corrected chi connectivity index (χ1v) is 9.40. The summed E-state index contributed by atoms with van der Waals surface area (Å²) < 4.78 is 6.20. The maximum atomic E-state index is 10.9. The zero-order chi connectivity index (χ0) is 14.8. The summed E-state index contributed by atoms with van der Waals surface area (Å²) in [6.45, 7) is 12.8. The van der Waals surface area contributed by atoms with Crippen LogP contribution < -0.4 is 5.32 Å². The van der Waals surface area contributed by atoms with Crippen LogP contribution in [-0.4, -0.2) is 31.8 Å². The number of carbonyl (C=O) groups is 1. The molecule has 0 spiro atoms. The second kappa shape index (κ2) is 5.51. The van der Waals surface area contributed by atoms with E-state index in [0.717, 1.165) is 0 Å². The number of nitrogens with one attached hydrogen (secondary N) is 1. The van der Waals surface area contributed by atoms with Crippen LogP contribution >= 0.6 is 0 Å². The van der Waals surface area contributed by atoms with Crippen molar-refractivity contribution in [2.75, 3.05) is 0 Å². The largest absolute Gasteiger partial charge is 0.478 e. The summed E-state index contributed by atoms with van der Waals surface area (Å²) in [5.74, 6) is -0.919. The molecule has 0 radical (unpaired) electrons. The maximum absolute atomic E-state index is 10.9. The zero-order valence-electron chi connectivity index (χ0n) is 12.7. The van der Waals surface area contributed by atoms with Crippen molar-refractivity contribution in [1.29, 1.82) is 0 Å². The topological polar surface area (TPSA) is 58.6 Å². The van der Waals surface area contributed by atoms with Gasteiger partial charge in [0.05, 0.1) is 17.2 Å². The van der Waals surface area contributed by atoms with Gasteiger partial charge in [0.15, 0.2) is 9.04 Å². The van der Waals surface area contributed by atoms with Crippen molar-refractivity contribution in [3.8, 4) is 0 Å². The highest BCUT2D eigenvalue weighted by molar-refractivity contribution is 6.48. The molecule has 0 saturated heterocycles. The Balaban J connectivity index is 2.99. The van der Waals surface area contributed by atoms with Crippen LogP contribution in [0.2, 0.25) is 13.1 Å². The van der Waals surface area contributed by atoms with Gasteiger partial charge in [0.25, 0.3) is 0 Å². The van der Waals surface area contributed by atoms with E-state index in [2.05, 4.69) is 39.2 Å². The molecule has 0 aliphatic carbocycles. The summed E-state index contributed by atoms with van der Waals surface area (Å²) in [6.07, 6.45) is 5.12. The summed E-state index contributed by atoms with van der Waals surface area (Å²) >= 11 is 0. The summed E-state index contributed by atoms with van der Waals surface area (Å²) in [4.78, 5) is 10.9. The molecule has 4 nitrogen and oxygen atoms in total. The minimum Gasteiger partial charge on any atom is -0.478 e. The summed E-state index contributed by atoms with van der Waals surface area (Å²) in [6, 6.07) is 0. The van der Waals surface area contributed by atoms with Gasteiger partial charge in [0.1, 0.15) is 0 Å². The van der Waals surface area contributed by atoms with Crippen LogP contribution in [0.4, 0.5) is 0 Å². The van der Waals surface area contributed by atoms with E-state index in [9.17, 15) is 4.79 Å². The van der Waals surface area contributed by atoms with Gasteiger partial charge in [0.2, 0.25) is 0 Å². The van der Waals surface area contributed by atoms with Gasteiger partial charge < -0.3 is 14.8 Å². The molecule has 19 heavy (non-hydrogen) atoms. The van der Waals surface area contributed by atoms with Gasteiger partial charge in [-0.25, -0.2) is 4.79 Å². The van der Waals surface area contributed by atoms with Crippen molar-refractivity contribution >= 4 is 15.0 Å². The third-order valence-corrected chi connectivity index (χ3v) is 3.95. The van der Waals surface area contributed by atoms with Crippen molar-refractivity contribution in [1.82, 2.24) is 5.32 Å². The van der Waals surface area contributed by atoms with Crippen LogP contribution in [0.1, 0.15) is 27.7 Å². The average Bonchev–Trinajstić information content (AvgIpc) is 2.24. The van der Waals surface area contributed by atoms with E-state index in [1.807, 2.05) is 13.0 Å². The predicted molar refractivity (Wildman–Crippen MR) is 79.6 cm³/mol. The molecule has 0 aromatic rings.